The lowest BCUT2D eigenvalue weighted by molar-refractivity contribution is 0.0696. The summed E-state index contributed by atoms with van der Waals surface area (Å²) in [5.41, 5.74) is 2.12. The van der Waals surface area contributed by atoms with Gasteiger partial charge in [0, 0.05) is 24.5 Å². The van der Waals surface area contributed by atoms with Crippen LogP contribution in [0, 0.1) is 0 Å². The van der Waals surface area contributed by atoms with Crippen molar-refractivity contribution in [3.05, 3.63) is 78.0 Å². The maximum Gasteiger partial charge on any atom is 0.337 e. The van der Waals surface area contributed by atoms with Gasteiger partial charge in [-0.3, -0.25) is 0 Å². The molecule has 0 unspecified atom stereocenters. The Morgan fingerprint density at radius 1 is 1.07 bits per heavy atom. The molecule has 0 aliphatic carbocycles. The molecule has 6 nitrogen and oxygen atoms in total. The molecule has 2 aromatic carbocycles. The lowest BCUT2D eigenvalue weighted by atomic mass is 10.2. The normalized spacial score (nSPS) is 10.7. The molecule has 156 valence electrons. The maximum absolute atomic E-state index is 11.1. The van der Waals surface area contributed by atoms with Crippen molar-refractivity contribution < 1.29 is 19.4 Å². The van der Waals surface area contributed by atoms with Crippen molar-refractivity contribution in [1.82, 2.24) is 4.98 Å². The topological polar surface area (TPSA) is 71.9 Å². The predicted molar refractivity (Wildman–Crippen MR) is 117 cm³/mol. The summed E-state index contributed by atoms with van der Waals surface area (Å²) in [5, 5.41) is 9.09. The molecule has 0 fully saturated rings. The molecular weight excluding hydrogens is 380 g/mol. The molecule has 0 saturated carbocycles. The van der Waals surface area contributed by atoms with E-state index in [0.717, 1.165) is 11.3 Å². The molecule has 0 bridgehead atoms. The molecule has 0 saturated heterocycles. The molecule has 0 radical (unpaired) electrons. The Morgan fingerprint density at radius 2 is 1.83 bits per heavy atom. The Hall–Kier alpha value is -3.54. The molecule has 6 heteroatoms. The van der Waals surface area contributed by atoms with Crippen LogP contribution in [-0.2, 0) is 6.61 Å². The van der Waals surface area contributed by atoms with Gasteiger partial charge in [-0.1, -0.05) is 30.3 Å². The van der Waals surface area contributed by atoms with E-state index in [1.54, 1.807) is 12.1 Å². The van der Waals surface area contributed by atoms with Gasteiger partial charge in [-0.15, -0.1) is 0 Å². The summed E-state index contributed by atoms with van der Waals surface area (Å²) in [4.78, 5) is 17.4. The summed E-state index contributed by atoms with van der Waals surface area (Å²) in [6.07, 6.45) is 1.35. The molecule has 0 aliphatic rings. The zero-order valence-corrected chi connectivity index (χ0v) is 17.4. The average Bonchev–Trinajstić information content (AvgIpc) is 2.74. The van der Waals surface area contributed by atoms with Gasteiger partial charge in [-0.25, -0.2) is 9.78 Å². The molecule has 1 N–H and O–H groups in total. The number of aromatic carboxylic acids is 1. The van der Waals surface area contributed by atoms with Gasteiger partial charge in [0.2, 0.25) is 0 Å². The number of carbonyl (C=O) groups is 1. The highest BCUT2D eigenvalue weighted by molar-refractivity contribution is 5.87. The fourth-order valence-electron chi connectivity index (χ4n) is 3.01. The number of pyridine rings is 1. The highest BCUT2D eigenvalue weighted by Gasteiger charge is 2.15. The number of ether oxygens (including phenoxy) is 2. The van der Waals surface area contributed by atoms with Gasteiger partial charge < -0.3 is 19.5 Å². The minimum Gasteiger partial charge on any atom is -0.487 e. The number of aromatic nitrogens is 1. The first-order chi connectivity index (χ1) is 14.5. The lowest BCUT2D eigenvalue weighted by Gasteiger charge is -2.24. The van der Waals surface area contributed by atoms with Gasteiger partial charge in [0.1, 0.15) is 12.4 Å². The summed E-state index contributed by atoms with van der Waals surface area (Å²) in [6, 6.07) is 19.0. The van der Waals surface area contributed by atoms with Crippen molar-refractivity contribution in [2.75, 3.05) is 11.4 Å². The van der Waals surface area contributed by atoms with Gasteiger partial charge >= 0.3 is 5.97 Å². The van der Waals surface area contributed by atoms with Crippen LogP contribution in [0.4, 0.5) is 11.5 Å². The van der Waals surface area contributed by atoms with Crippen molar-refractivity contribution in [1.29, 1.82) is 0 Å². The largest absolute Gasteiger partial charge is 0.487 e. The Kier molecular flexibility index (Phi) is 6.91. The molecule has 1 aromatic heterocycles. The molecule has 0 spiro atoms. The summed E-state index contributed by atoms with van der Waals surface area (Å²) in [5.74, 6) is 0.987. The second kappa shape index (κ2) is 9.78. The first kappa shape index (κ1) is 21.2. The van der Waals surface area contributed by atoms with Crippen LogP contribution in [-0.4, -0.2) is 28.7 Å². The molecule has 3 aromatic rings. The smallest absolute Gasteiger partial charge is 0.337 e. The van der Waals surface area contributed by atoms with Crippen molar-refractivity contribution in [3.63, 3.8) is 0 Å². The molecule has 1 heterocycles. The summed E-state index contributed by atoms with van der Waals surface area (Å²) in [7, 11) is 0. The average molecular weight is 406 g/mol. The quantitative estimate of drug-likeness (QED) is 0.520. The minimum atomic E-state index is -0.996. The van der Waals surface area contributed by atoms with E-state index in [0.29, 0.717) is 30.5 Å². The molecule has 30 heavy (non-hydrogen) atoms. The maximum atomic E-state index is 11.1. The monoisotopic (exact) mass is 406 g/mol. The number of hydrogen-bond acceptors (Lipinski definition) is 5. The van der Waals surface area contributed by atoms with E-state index in [1.807, 2.05) is 74.2 Å². The van der Waals surface area contributed by atoms with Crippen molar-refractivity contribution in [3.8, 4) is 11.5 Å². The summed E-state index contributed by atoms with van der Waals surface area (Å²) >= 11 is 0. The van der Waals surface area contributed by atoms with Crippen molar-refractivity contribution in [2.45, 2.75) is 33.5 Å². The number of nitrogens with zero attached hydrogens (tertiary/aromatic N) is 2. The van der Waals surface area contributed by atoms with Gasteiger partial charge in [-0.05, 0) is 50.6 Å². The number of rotatable bonds is 9. The van der Waals surface area contributed by atoms with Crippen LogP contribution in [0.3, 0.4) is 0 Å². The highest BCUT2D eigenvalue weighted by Crippen LogP contribution is 2.35. The first-order valence-electron chi connectivity index (χ1n) is 9.92. The Morgan fingerprint density at radius 3 is 2.43 bits per heavy atom. The number of anilines is 2. The Balaban J connectivity index is 1.87. The molecule has 0 atom stereocenters. The third-order valence-electron chi connectivity index (χ3n) is 4.43. The summed E-state index contributed by atoms with van der Waals surface area (Å²) in [6.45, 7) is 7.06. The van der Waals surface area contributed by atoms with E-state index in [4.69, 9.17) is 14.6 Å². The SMILES string of the molecule is CCN(c1ccc(OCc2ccccc2)c(OC(C)C)c1)c1ccc(C(=O)O)cn1. The molecular formula is C24H26N2O4. The van der Waals surface area contributed by atoms with E-state index >= 15 is 0 Å². The molecule has 0 amide bonds. The zero-order chi connectivity index (χ0) is 21.5. The molecule has 0 aliphatic heterocycles. The van der Waals surface area contributed by atoms with E-state index in [-0.39, 0.29) is 11.7 Å². The number of carboxylic acids is 1. The van der Waals surface area contributed by atoms with Crippen molar-refractivity contribution in [2.24, 2.45) is 0 Å². The Labute approximate surface area is 176 Å². The highest BCUT2D eigenvalue weighted by atomic mass is 16.5. The number of carboxylic acid groups (broad SMARTS) is 1. The van der Waals surface area contributed by atoms with Gasteiger partial charge in [0.15, 0.2) is 11.5 Å². The van der Waals surface area contributed by atoms with E-state index < -0.39 is 5.97 Å². The Bertz CT molecular complexity index is 972. The number of benzene rings is 2. The van der Waals surface area contributed by atoms with Crippen LogP contribution in [0.25, 0.3) is 0 Å². The van der Waals surface area contributed by atoms with E-state index in [9.17, 15) is 4.79 Å². The van der Waals surface area contributed by atoms with Gasteiger partial charge in [0.05, 0.1) is 11.7 Å². The lowest BCUT2D eigenvalue weighted by Crippen LogP contribution is -2.18. The van der Waals surface area contributed by atoms with Crippen LogP contribution in [0.1, 0.15) is 36.7 Å². The number of hydrogen-bond donors (Lipinski definition) is 1. The fraction of sp³-hybridized carbons (Fsp3) is 0.250. The third kappa shape index (κ3) is 5.29. The molecule has 3 rings (SSSR count). The van der Waals surface area contributed by atoms with Gasteiger partial charge in [-0.2, -0.15) is 0 Å². The van der Waals surface area contributed by atoms with Crippen LogP contribution in [0.2, 0.25) is 0 Å². The minimum absolute atomic E-state index is 0.0117. The van der Waals surface area contributed by atoms with Crippen molar-refractivity contribution >= 4 is 17.5 Å². The fourth-order valence-corrected chi connectivity index (χ4v) is 3.01. The summed E-state index contributed by atoms with van der Waals surface area (Å²) < 4.78 is 12.0. The third-order valence-corrected chi connectivity index (χ3v) is 4.43. The van der Waals surface area contributed by atoms with Crippen LogP contribution in [0.5, 0.6) is 11.5 Å². The zero-order valence-electron chi connectivity index (χ0n) is 17.4. The van der Waals surface area contributed by atoms with Crippen LogP contribution < -0.4 is 14.4 Å². The van der Waals surface area contributed by atoms with Crippen LogP contribution >= 0.6 is 0 Å². The van der Waals surface area contributed by atoms with E-state index in [2.05, 4.69) is 4.98 Å². The second-order valence-electron chi connectivity index (χ2n) is 7.03. The first-order valence-corrected chi connectivity index (χ1v) is 9.92. The predicted octanol–water partition coefficient (Wildman–Crippen LogP) is 5.30. The standard InChI is InChI=1S/C24H26N2O4/c1-4-26(23-13-10-19(15-25-23)24(27)28)20-11-12-21(22(14-20)30-17(2)3)29-16-18-8-6-5-7-9-18/h5-15,17H,4,16H2,1-3H3,(H,27,28). The van der Waals surface area contributed by atoms with Crippen LogP contribution in [0.15, 0.2) is 66.9 Å². The second-order valence-corrected chi connectivity index (χ2v) is 7.03. The van der Waals surface area contributed by atoms with Gasteiger partial charge in [0.25, 0.3) is 0 Å². The van der Waals surface area contributed by atoms with E-state index in [1.165, 1.54) is 6.20 Å².